The van der Waals surface area contributed by atoms with E-state index < -0.39 is 11.7 Å². The van der Waals surface area contributed by atoms with Crippen molar-refractivity contribution in [3.05, 3.63) is 29.8 Å². The van der Waals surface area contributed by atoms with Gasteiger partial charge >= 0.3 is 6.09 Å². The van der Waals surface area contributed by atoms with Crippen LogP contribution in [0.3, 0.4) is 0 Å². The van der Waals surface area contributed by atoms with E-state index in [1.807, 2.05) is 24.3 Å². The number of amides is 2. The van der Waals surface area contributed by atoms with E-state index in [-0.39, 0.29) is 18.9 Å². The quantitative estimate of drug-likeness (QED) is 0.754. The molecule has 0 radical (unpaired) electrons. The van der Waals surface area contributed by atoms with Gasteiger partial charge in [-0.3, -0.25) is 4.79 Å². The maximum atomic E-state index is 11.8. The van der Waals surface area contributed by atoms with Crippen LogP contribution in [0.15, 0.2) is 24.3 Å². The minimum Gasteiger partial charge on any atom is -0.493 e. The van der Waals surface area contributed by atoms with Crippen molar-refractivity contribution in [2.24, 2.45) is 5.92 Å². The maximum absolute atomic E-state index is 11.8. The molecule has 0 aromatic heterocycles. The maximum Gasteiger partial charge on any atom is 0.407 e. The number of benzene rings is 1. The van der Waals surface area contributed by atoms with Gasteiger partial charge in [-0.05, 0) is 44.4 Å². The number of ether oxygens (including phenoxy) is 2. The van der Waals surface area contributed by atoms with Crippen molar-refractivity contribution in [2.45, 2.75) is 53.2 Å². The van der Waals surface area contributed by atoms with E-state index in [0.717, 1.165) is 11.3 Å². The lowest BCUT2D eigenvalue weighted by Crippen LogP contribution is -2.35. The first kappa shape index (κ1) is 20.8. The molecule has 0 heterocycles. The molecule has 0 unspecified atom stereocenters. The lowest BCUT2D eigenvalue weighted by molar-refractivity contribution is -0.121. The minimum absolute atomic E-state index is 0.129. The average molecular weight is 350 g/mol. The lowest BCUT2D eigenvalue weighted by Gasteiger charge is -2.19. The third-order valence-corrected chi connectivity index (χ3v) is 3.02. The van der Waals surface area contributed by atoms with Gasteiger partial charge in [0.25, 0.3) is 0 Å². The van der Waals surface area contributed by atoms with E-state index in [0.29, 0.717) is 19.1 Å². The zero-order valence-corrected chi connectivity index (χ0v) is 15.8. The van der Waals surface area contributed by atoms with Crippen LogP contribution >= 0.6 is 0 Å². The molecule has 0 saturated carbocycles. The van der Waals surface area contributed by atoms with Gasteiger partial charge in [0.2, 0.25) is 5.91 Å². The van der Waals surface area contributed by atoms with E-state index in [4.69, 9.17) is 9.47 Å². The van der Waals surface area contributed by atoms with Gasteiger partial charge in [-0.1, -0.05) is 26.0 Å². The molecular weight excluding hydrogens is 320 g/mol. The summed E-state index contributed by atoms with van der Waals surface area (Å²) in [5.41, 5.74) is 0.447. The summed E-state index contributed by atoms with van der Waals surface area (Å²) in [6.45, 7) is 10.9. The van der Waals surface area contributed by atoms with E-state index in [1.54, 1.807) is 20.8 Å². The standard InChI is InChI=1S/C19H30N2O4/c1-14(2)13-24-16-8-6-15(7-9-16)12-21-17(22)10-11-20-18(23)25-19(3,4)5/h6-9,14H,10-13H2,1-5H3,(H,20,23)(H,21,22). The van der Waals surface area contributed by atoms with Crippen LogP contribution in [0.5, 0.6) is 5.75 Å². The Kier molecular flexibility index (Phi) is 8.25. The van der Waals surface area contributed by atoms with E-state index in [9.17, 15) is 9.59 Å². The molecule has 1 rings (SSSR count). The molecule has 6 nitrogen and oxygen atoms in total. The van der Waals surface area contributed by atoms with Crippen molar-refractivity contribution >= 4 is 12.0 Å². The molecule has 2 N–H and O–H groups in total. The molecule has 0 aliphatic carbocycles. The summed E-state index contributed by atoms with van der Waals surface area (Å²) in [7, 11) is 0. The van der Waals surface area contributed by atoms with Crippen molar-refractivity contribution in [1.29, 1.82) is 0 Å². The van der Waals surface area contributed by atoms with Crippen LogP contribution < -0.4 is 15.4 Å². The Morgan fingerprint density at radius 3 is 2.28 bits per heavy atom. The number of hydrogen-bond donors (Lipinski definition) is 2. The second kappa shape index (κ2) is 9.91. The minimum atomic E-state index is -0.544. The molecule has 0 atom stereocenters. The first-order valence-electron chi connectivity index (χ1n) is 8.61. The van der Waals surface area contributed by atoms with Crippen molar-refractivity contribution in [1.82, 2.24) is 10.6 Å². The molecule has 140 valence electrons. The van der Waals surface area contributed by atoms with Gasteiger partial charge in [0.1, 0.15) is 11.4 Å². The second-order valence-electron chi connectivity index (χ2n) is 7.30. The largest absolute Gasteiger partial charge is 0.493 e. The van der Waals surface area contributed by atoms with Crippen LogP contribution in [0, 0.1) is 5.92 Å². The number of hydrogen-bond acceptors (Lipinski definition) is 4. The van der Waals surface area contributed by atoms with E-state index in [1.165, 1.54) is 0 Å². The molecular formula is C19H30N2O4. The van der Waals surface area contributed by atoms with Gasteiger partial charge < -0.3 is 20.1 Å². The Morgan fingerprint density at radius 1 is 1.08 bits per heavy atom. The monoisotopic (exact) mass is 350 g/mol. The first-order chi connectivity index (χ1) is 11.7. The third-order valence-electron chi connectivity index (χ3n) is 3.02. The van der Waals surface area contributed by atoms with Crippen LogP contribution in [0.4, 0.5) is 4.79 Å². The Bertz CT molecular complexity index is 548. The molecule has 0 fully saturated rings. The smallest absolute Gasteiger partial charge is 0.407 e. The zero-order valence-electron chi connectivity index (χ0n) is 15.8. The van der Waals surface area contributed by atoms with Gasteiger partial charge in [-0.25, -0.2) is 4.79 Å². The number of alkyl carbamates (subject to hydrolysis) is 1. The fraction of sp³-hybridized carbons (Fsp3) is 0.579. The molecule has 0 aliphatic rings. The van der Waals surface area contributed by atoms with Crippen molar-refractivity contribution < 1.29 is 19.1 Å². The summed E-state index contributed by atoms with van der Waals surface area (Å²) in [6, 6.07) is 7.64. The predicted octanol–water partition coefficient (Wildman–Crippen LogP) is 3.25. The molecule has 0 aliphatic heterocycles. The highest BCUT2D eigenvalue weighted by Crippen LogP contribution is 2.13. The van der Waals surface area contributed by atoms with Crippen LogP contribution in [0.1, 0.15) is 46.6 Å². The number of nitrogens with one attached hydrogen (secondary N) is 2. The van der Waals surface area contributed by atoms with Crippen molar-refractivity contribution in [3.8, 4) is 5.75 Å². The van der Waals surface area contributed by atoms with Crippen LogP contribution in [0.25, 0.3) is 0 Å². The van der Waals surface area contributed by atoms with E-state index >= 15 is 0 Å². The normalized spacial score (nSPS) is 11.1. The van der Waals surface area contributed by atoms with Gasteiger partial charge in [-0.15, -0.1) is 0 Å². The number of rotatable bonds is 8. The zero-order chi connectivity index (χ0) is 18.9. The van der Waals surface area contributed by atoms with Crippen LogP contribution in [-0.2, 0) is 16.1 Å². The van der Waals surface area contributed by atoms with Crippen LogP contribution in [-0.4, -0.2) is 30.8 Å². The molecule has 0 bridgehead atoms. The molecule has 6 heteroatoms. The Labute approximate surface area is 150 Å². The van der Waals surface area contributed by atoms with Gasteiger partial charge in [-0.2, -0.15) is 0 Å². The van der Waals surface area contributed by atoms with Crippen molar-refractivity contribution in [2.75, 3.05) is 13.2 Å². The van der Waals surface area contributed by atoms with E-state index in [2.05, 4.69) is 24.5 Å². The number of carbonyl (C=O) groups is 2. The molecule has 1 aromatic carbocycles. The number of carbonyl (C=O) groups excluding carboxylic acids is 2. The summed E-state index contributed by atoms with van der Waals surface area (Å²) in [4.78, 5) is 23.3. The molecule has 0 saturated heterocycles. The predicted molar refractivity (Wildman–Crippen MR) is 97.5 cm³/mol. The molecule has 0 spiro atoms. The van der Waals surface area contributed by atoms with Gasteiger partial charge in [0, 0.05) is 19.5 Å². The van der Waals surface area contributed by atoms with Crippen LogP contribution in [0.2, 0.25) is 0 Å². The summed E-state index contributed by atoms with van der Waals surface area (Å²) < 4.78 is 10.7. The fourth-order valence-corrected chi connectivity index (χ4v) is 1.85. The Morgan fingerprint density at radius 2 is 1.72 bits per heavy atom. The molecule has 2 amide bonds. The third kappa shape index (κ3) is 10.3. The Balaban J connectivity index is 2.24. The first-order valence-corrected chi connectivity index (χ1v) is 8.61. The molecule has 25 heavy (non-hydrogen) atoms. The average Bonchev–Trinajstić information content (AvgIpc) is 2.50. The lowest BCUT2D eigenvalue weighted by atomic mass is 10.2. The summed E-state index contributed by atoms with van der Waals surface area (Å²) in [5.74, 6) is 1.18. The highest BCUT2D eigenvalue weighted by Gasteiger charge is 2.15. The summed E-state index contributed by atoms with van der Waals surface area (Å²) in [6.07, 6.45) is -0.313. The Hall–Kier alpha value is -2.24. The highest BCUT2D eigenvalue weighted by atomic mass is 16.6. The summed E-state index contributed by atoms with van der Waals surface area (Å²) in [5, 5.41) is 5.38. The SMILES string of the molecule is CC(C)COc1ccc(CNC(=O)CCNC(=O)OC(C)(C)C)cc1. The topological polar surface area (TPSA) is 76.7 Å². The summed E-state index contributed by atoms with van der Waals surface area (Å²) >= 11 is 0. The molecule has 1 aromatic rings. The second-order valence-corrected chi connectivity index (χ2v) is 7.30. The van der Waals surface area contributed by atoms with Gasteiger partial charge in [0.15, 0.2) is 0 Å². The van der Waals surface area contributed by atoms with Crippen molar-refractivity contribution in [3.63, 3.8) is 0 Å². The fourth-order valence-electron chi connectivity index (χ4n) is 1.85. The van der Waals surface area contributed by atoms with Gasteiger partial charge in [0.05, 0.1) is 6.61 Å². The highest BCUT2D eigenvalue weighted by molar-refractivity contribution is 5.77.